The molecule has 0 aromatic heterocycles. The van der Waals surface area contributed by atoms with E-state index >= 15 is 0 Å². The highest BCUT2D eigenvalue weighted by atomic mass is 19.3. The van der Waals surface area contributed by atoms with Crippen LogP contribution in [-0.4, -0.2) is 49.1 Å². The van der Waals surface area contributed by atoms with Gasteiger partial charge in [-0.05, 0) is 20.8 Å². The molecule has 0 aromatic carbocycles. The standard InChI is InChI=1S/C10H19F2NO4/c1-10(2,3)17-9(15)13-7(4-14)5-16-6-8(11)12/h7-8,14H,4-6H2,1-3H3,(H,13,15)/t7-/m1/s1. The van der Waals surface area contributed by atoms with Gasteiger partial charge in [-0.15, -0.1) is 0 Å². The fraction of sp³-hybridized carbons (Fsp3) is 0.900. The minimum atomic E-state index is -2.57. The second kappa shape index (κ2) is 7.39. The monoisotopic (exact) mass is 255 g/mol. The Labute approximate surface area is 99.1 Å². The summed E-state index contributed by atoms with van der Waals surface area (Å²) in [5, 5.41) is 11.2. The molecule has 0 saturated carbocycles. The molecule has 0 spiro atoms. The van der Waals surface area contributed by atoms with Gasteiger partial charge in [-0.2, -0.15) is 0 Å². The number of carbonyl (C=O) groups excluding carboxylic acids is 1. The van der Waals surface area contributed by atoms with E-state index in [-0.39, 0.29) is 6.61 Å². The van der Waals surface area contributed by atoms with Crippen molar-refractivity contribution in [2.45, 2.75) is 38.8 Å². The highest BCUT2D eigenvalue weighted by molar-refractivity contribution is 5.68. The lowest BCUT2D eigenvalue weighted by molar-refractivity contribution is 0.0000189. The molecule has 5 nitrogen and oxygen atoms in total. The largest absolute Gasteiger partial charge is 0.444 e. The number of rotatable bonds is 6. The molecule has 0 heterocycles. The van der Waals surface area contributed by atoms with E-state index in [1.165, 1.54) is 0 Å². The molecule has 17 heavy (non-hydrogen) atoms. The summed E-state index contributed by atoms with van der Waals surface area (Å²) < 4.78 is 33.1. The third-order valence-electron chi connectivity index (χ3n) is 1.50. The Morgan fingerprint density at radius 3 is 2.35 bits per heavy atom. The van der Waals surface area contributed by atoms with Crippen LogP contribution in [0.1, 0.15) is 20.8 Å². The van der Waals surface area contributed by atoms with E-state index in [9.17, 15) is 13.6 Å². The molecule has 2 N–H and O–H groups in total. The predicted octanol–water partition coefficient (Wildman–Crippen LogP) is 1.15. The highest BCUT2D eigenvalue weighted by Gasteiger charge is 2.19. The van der Waals surface area contributed by atoms with Gasteiger partial charge in [0.15, 0.2) is 0 Å². The minimum Gasteiger partial charge on any atom is -0.444 e. The Hall–Kier alpha value is -0.950. The van der Waals surface area contributed by atoms with Crippen LogP contribution in [0.5, 0.6) is 0 Å². The van der Waals surface area contributed by atoms with E-state index in [1.54, 1.807) is 20.8 Å². The lowest BCUT2D eigenvalue weighted by Crippen LogP contribution is -2.43. The number of aliphatic hydroxyl groups excluding tert-OH is 1. The molecule has 1 atom stereocenters. The Bertz CT molecular complexity index is 231. The van der Waals surface area contributed by atoms with Crippen molar-refractivity contribution in [3.8, 4) is 0 Å². The number of carbonyl (C=O) groups is 1. The van der Waals surface area contributed by atoms with Crippen molar-refractivity contribution in [3.05, 3.63) is 0 Å². The minimum absolute atomic E-state index is 0.194. The van der Waals surface area contributed by atoms with Gasteiger partial charge in [0.1, 0.15) is 12.2 Å². The smallest absolute Gasteiger partial charge is 0.408 e. The number of aliphatic hydroxyl groups is 1. The van der Waals surface area contributed by atoms with Crippen LogP contribution in [-0.2, 0) is 9.47 Å². The van der Waals surface area contributed by atoms with Crippen LogP contribution in [0.2, 0.25) is 0 Å². The van der Waals surface area contributed by atoms with Gasteiger partial charge < -0.3 is 19.9 Å². The first-order valence-electron chi connectivity index (χ1n) is 5.21. The summed E-state index contributed by atoms with van der Waals surface area (Å²) in [7, 11) is 0. The number of ether oxygens (including phenoxy) is 2. The Morgan fingerprint density at radius 1 is 1.35 bits per heavy atom. The first kappa shape index (κ1) is 16.1. The summed E-state index contributed by atoms with van der Waals surface area (Å²) in [6.45, 7) is 3.73. The molecule has 0 aromatic rings. The molecule has 0 bridgehead atoms. The second-order valence-electron chi connectivity index (χ2n) is 4.45. The summed E-state index contributed by atoms with van der Waals surface area (Å²) in [6.07, 6.45) is -3.30. The molecular formula is C10H19F2NO4. The van der Waals surface area contributed by atoms with E-state index < -0.39 is 37.4 Å². The molecule has 7 heteroatoms. The third-order valence-corrected chi connectivity index (χ3v) is 1.50. The van der Waals surface area contributed by atoms with Gasteiger partial charge in [0.25, 0.3) is 6.43 Å². The number of amides is 1. The highest BCUT2D eigenvalue weighted by Crippen LogP contribution is 2.06. The van der Waals surface area contributed by atoms with Gasteiger partial charge in [-0.1, -0.05) is 0 Å². The fourth-order valence-electron chi connectivity index (χ4n) is 0.914. The number of halogens is 2. The molecule has 0 unspecified atom stereocenters. The van der Waals surface area contributed by atoms with Gasteiger partial charge in [0.2, 0.25) is 0 Å². The number of hydrogen-bond donors (Lipinski definition) is 2. The lowest BCUT2D eigenvalue weighted by Gasteiger charge is -2.22. The van der Waals surface area contributed by atoms with Crippen molar-refractivity contribution in [1.82, 2.24) is 5.32 Å². The SMILES string of the molecule is CC(C)(C)OC(=O)N[C@H](CO)COCC(F)F. The van der Waals surface area contributed by atoms with E-state index in [1.807, 2.05) is 0 Å². The number of alkyl halides is 2. The molecule has 0 rings (SSSR count). The van der Waals surface area contributed by atoms with Crippen molar-refractivity contribution >= 4 is 6.09 Å². The Balaban J connectivity index is 3.92. The number of nitrogens with one attached hydrogen (secondary N) is 1. The van der Waals surface area contributed by atoms with Crippen LogP contribution in [0, 0.1) is 0 Å². The summed E-state index contributed by atoms with van der Waals surface area (Å²) in [5.74, 6) is 0. The maximum Gasteiger partial charge on any atom is 0.408 e. The third kappa shape index (κ3) is 9.95. The first-order valence-corrected chi connectivity index (χ1v) is 5.21. The zero-order chi connectivity index (χ0) is 13.5. The van der Waals surface area contributed by atoms with E-state index in [4.69, 9.17) is 9.84 Å². The molecule has 0 saturated heterocycles. The molecule has 0 aliphatic carbocycles. The van der Waals surface area contributed by atoms with Crippen LogP contribution in [0.25, 0.3) is 0 Å². The molecule has 102 valence electrons. The van der Waals surface area contributed by atoms with Crippen LogP contribution in [0.15, 0.2) is 0 Å². The van der Waals surface area contributed by atoms with Gasteiger partial charge in [-0.25, -0.2) is 13.6 Å². The normalized spacial score (nSPS) is 13.6. The quantitative estimate of drug-likeness (QED) is 0.747. The van der Waals surface area contributed by atoms with Gasteiger partial charge in [0, 0.05) is 0 Å². The molecule has 0 radical (unpaired) electrons. The van der Waals surface area contributed by atoms with Gasteiger partial charge in [-0.3, -0.25) is 0 Å². The number of hydrogen-bond acceptors (Lipinski definition) is 4. The zero-order valence-corrected chi connectivity index (χ0v) is 10.2. The maximum atomic E-state index is 11.8. The summed E-state index contributed by atoms with van der Waals surface area (Å²) >= 11 is 0. The molecular weight excluding hydrogens is 236 g/mol. The average Bonchev–Trinajstić information content (AvgIpc) is 2.12. The molecule has 0 fully saturated rings. The van der Waals surface area contributed by atoms with E-state index in [0.717, 1.165) is 0 Å². The van der Waals surface area contributed by atoms with Gasteiger partial charge >= 0.3 is 6.09 Å². The summed E-state index contributed by atoms with van der Waals surface area (Å²) in [6, 6.07) is -0.761. The van der Waals surface area contributed by atoms with Crippen LogP contribution < -0.4 is 5.32 Å². The van der Waals surface area contributed by atoms with E-state index in [2.05, 4.69) is 10.1 Å². The molecule has 0 aliphatic rings. The van der Waals surface area contributed by atoms with Crippen LogP contribution in [0.3, 0.4) is 0 Å². The van der Waals surface area contributed by atoms with Crippen molar-refractivity contribution < 1.29 is 28.2 Å². The van der Waals surface area contributed by atoms with Crippen LogP contribution >= 0.6 is 0 Å². The van der Waals surface area contributed by atoms with Crippen molar-refractivity contribution in [3.63, 3.8) is 0 Å². The van der Waals surface area contributed by atoms with Crippen molar-refractivity contribution in [2.24, 2.45) is 0 Å². The Kier molecular flexibility index (Phi) is 6.98. The fourth-order valence-corrected chi connectivity index (χ4v) is 0.914. The lowest BCUT2D eigenvalue weighted by atomic mass is 10.2. The number of alkyl carbamates (subject to hydrolysis) is 1. The maximum absolute atomic E-state index is 11.8. The molecule has 0 aliphatic heterocycles. The van der Waals surface area contributed by atoms with E-state index in [0.29, 0.717) is 0 Å². The van der Waals surface area contributed by atoms with Gasteiger partial charge in [0.05, 0.1) is 19.3 Å². The topological polar surface area (TPSA) is 67.8 Å². The van der Waals surface area contributed by atoms with Crippen molar-refractivity contribution in [2.75, 3.05) is 19.8 Å². The Morgan fingerprint density at radius 2 is 1.94 bits per heavy atom. The molecule has 1 amide bonds. The van der Waals surface area contributed by atoms with Crippen molar-refractivity contribution in [1.29, 1.82) is 0 Å². The average molecular weight is 255 g/mol. The first-order chi connectivity index (χ1) is 7.74. The van der Waals surface area contributed by atoms with Crippen LogP contribution in [0.4, 0.5) is 13.6 Å². The predicted molar refractivity (Wildman–Crippen MR) is 57.1 cm³/mol. The zero-order valence-electron chi connectivity index (χ0n) is 10.2. The second-order valence-corrected chi connectivity index (χ2v) is 4.45. The summed E-state index contributed by atoms with van der Waals surface area (Å²) in [5.41, 5.74) is -0.659. The summed E-state index contributed by atoms with van der Waals surface area (Å²) in [4.78, 5) is 11.3.